The van der Waals surface area contributed by atoms with E-state index in [1.807, 2.05) is 0 Å². The molecule has 2 atom stereocenters. The molecule has 1 amide bonds. The van der Waals surface area contributed by atoms with E-state index in [9.17, 15) is 13.8 Å². The van der Waals surface area contributed by atoms with Crippen molar-refractivity contribution >= 4 is 23.3 Å². The third-order valence-corrected chi connectivity index (χ3v) is 2.88. The molecule has 17 heavy (non-hydrogen) atoms. The Morgan fingerprint density at radius 2 is 2.00 bits per heavy atom. The van der Waals surface area contributed by atoms with Crippen LogP contribution in [-0.4, -0.2) is 45.9 Å². The first-order chi connectivity index (χ1) is 7.76. The largest absolute Gasteiger partial charge is 0.467 e. The predicted octanol–water partition coefficient (Wildman–Crippen LogP) is 0.374. The van der Waals surface area contributed by atoms with Crippen LogP contribution in [0.5, 0.6) is 0 Å². The van der Waals surface area contributed by atoms with Gasteiger partial charge in [-0.15, -0.1) is 0 Å². The molecule has 1 saturated heterocycles. The van der Waals surface area contributed by atoms with Crippen molar-refractivity contribution in [3.63, 3.8) is 0 Å². The zero-order valence-corrected chi connectivity index (χ0v) is 10.9. The van der Waals surface area contributed by atoms with E-state index in [1.165, 1.54) is 7.11 Å². The Kier molecular flexibility index (Phi) is 4.10. The summed E-state index contributed by atoms with van der Waals surface area (Å²) in [6.45, 7) is 4.83. The smallest absolute Gasteiger partial charge is 0.424 e. The van der Waals surface area contributed by atoms with Crippen molar-refractivity contribution in [3.05, 3.63) is 0 Å². The van der Waals surface area contributed by atoms with Crippen LogP contribution in [0.1, 0.15) is 20.8 Å². The molecule has 8 heteroatoms. The van der Waals surface area contributed by atoms with Gasteiger partial charge in [-0.2, -0.15) is 4.31 Å². The summed E-state index contributed by atoms with van der Waals surface area (Å²) < 4.78 is 26.4. The second-order valence-corrected chi connectivity index (χ2v) is 5.41. The van der Waals surface area contributed by atoms with E-state index in [1.54, 1.807) is 20.8 Å². The van der Waals surface area contributed by atoms with E-state index in [-0.39, 0.29) is 6.61 Å². The van der Waals surface area contributed by atoms with E-state index in [4.69, 9.17) is 8.92 Å². The van der Waals surface area contributed by atoms with Crippen LogP contribution in [0.25, 0.3) is 0 Å². The Hall–Kier alpha value is -1.15. The maximum Gasteiger partial charge on any atom is 0.424 e. The minimum Gasteiger partial charge on any atom is -0.467 e. The summed E-state index contributed by atoms with van der Waals surface area (Å²) in [6.07, 6.45) is -0.872. The van der Waals surface area contributed by atoms with Crippen molar-refractivity contribution in [2.45, 2.75) is 32.4 Å². The van der Waals surface area contributed by atoms with Crippen LogP contribution < -0.4 is 0 Å². The Morgan fingerprint density at radius 3 is 2.47 bits per heavy atom. The number of carbonyl (C=O) groups is 2. The van der Waals surface area contributed by atoms with Gasteiger partial charge in [-0.1, -0.05) is 0 Å². The molecule has 0 N–H and O–H groups in total. The molecule has 0 aliphatic carbocycles. The summed E-state index contributed by atoms with van der Waals surface area (Å²) in [5.41, 5.74) is -0.745. The summed E-state index contributed by atoms with van der Waals surface area (Å²) in [4.78, 5) is 23.1. The first-order valence-electron chi connectivity index (χ1n) is 4.91. The normalized spacial score (nSPS) is 24.6. The van der Waals surface area contributed by atoms with Gasteiger partial charge in [0.25, 0.3) is 11.3 Å². The standard InChI is InChI=1S/C9H15NO6S/c1-9(2,3)16-8(12)10-6(7(11)14-4)5-15-17(10)13/h6H,5H2,1-4H3. The topological polar surface area (TPSA) is 82.1 Å². The molecule has 0 spiro atoms. The minimum absolute atomic E-state index is 0.168. The number of esters is 1. The maximum atomic E-state index is 11.7. The SMILES string of the molecule is COC(=O)C1COS(=O)N1C(=O)OC(C)(C)C. The van der Waals surface area contributed by atoms with Crippen molar-refractivity contribution in [1.82, 2.24) is 4.31 Å². The van der Waals surface area contributed by atoms with Crippen molar-refractivity contribution in [2.24, 2.45) is 0 Å². The van der Waals surface area contributed by atoms with Crippen molar-refractivity contribution in [3.8, 4) is 0 Å². The molecule has 0 aromatic rings. The summed E-state index contributed by atoms with van der Waals surface area (Å²) in [6, 6.07) is -1.03. The summed E-state index contributed by atoms with van der Waals surface area (Å²) in [5, 5.41) is 0. The van der Waals surface area contributed by atoms with Gasteiger partial charge in [-0.05, 0) is 20.8 Å². The molecular weight excluding hydrogens is 250 g/mol. The summed E-state index contributed by atoms with van der Waals surface area (Å²) in [7, 11) is 1.18. The van der Waals surface area contributed by atoms with Crippen molar-refractivity contribution in [1.29, 1.82) is 0 Å². The van der Waals surface area contributed by atoms with Crippen LogP contribution in [0.15, 0.2) is 0 Å². The van der Waals surface area contributed by atoms with Crippen LogP contribution in [-0.2, 0) is 29.7 Å². The quantitative estimate of drug-likeness (QED) is 0.637. The molecule has 1 fully saturated rings. The highest BCUT2D eigenvalue weighted by molar-refractivity contribution is 7.78. The van der Waals surface area contributed by atoms with Gasteiger partial charge in [0, 0.05) is 0 Å². The number of carbonyl (C=O) groups excluding carboxylic acids is 2. The first-order valence-corrected chi connectivity index (χ1v) is 5.94. The lowest BCUT2D eigenvalue weighted by atomic mass is 10.2. The lowest BCUT2D eigenvalue weighted by Gasteiger charge is -2.24. The van der Waals surface area contributed by atoms with E-state index in [2.05, 4.69) is 4.74 Å². The summed E-state index contributed by atoms with van der Waals surface area (Å²) >= 11 is -2.02. The molecule has 0 saturated carbocycles. The highest BCUT2D eigenvalue weighted by atomic mass is 32.2. The number of ether oxygens (including phenoxy) is 2. The Balaban J connectivity index is 2.81. The molecule has 2 unspecified atom stereocenters. The van der Waals surface area contributed by atoms with Gasteiger partial charge < -0.3 is 9.47 Å². The average Bonchev–Trinajstić information content (AvgIpc) is 2.56. The fourth-order valence-electron chi connectivity index (χ4n) is 1.15. The molecule has 0 bridgehead atoms. The third kappa shape index (κ3) is 3.40. The number of methoxy groups -OCH3 is 1. The highest BCUT2D eigenvalue weighted by Crippen LogP contribution is 2.20. The number of hydrogen-bond acceptors (Lipinski definition) is 6. The predicted molar refractivity (Wildman–Crippen MR) is 58.0 cm³/mol. The van der Waals surface area contributed by atoms with Crippen LogP contribution in [0, 0.1) is 0 Å². The molecule has 1 rings (SSSR count). The van der Waals surface area contributed by atoms with Gasteiger partial charge in [0.15, 0.2) is 6.04 Å². The average molecular weight is 265 g/mol. The van der Waals surface area contributed by atoms with Crippen molar-refractivity contribution < 1.29 is 27.5 Å². The number of hydrogen-bond donors (Lipinski definition) is 0. The van der Waals surface area contributed by atoms with Crippen LogP contribution in [0.3, 0.4) is 0 Å². The van der Waals surface area contributed by atoms with Gasteiger partial charge >= 0.3 is 12.1 Å². The van der Waals surface area contributed by atoms with Gasteiger partial charge in [0.05, 0.1) is 13.7 Å². The lowest BCUT2D eigenvalue weighted by molar-refractivity contribution is -0.144. The first kappa shape index (κ1) is 13.9. The second-order valence-electron chi connectivity index (χ2n) is 4.35. The van der Waals surface area contributed by atoms with Crippen molar-refractivity contribution in [2.75, 3.05) is 13.7 Å². The van der Waals surface area contributed by atoms with Crippen LogP contribution in [0.2, 0.25) is 0 Å². The molecule has 7 nitrogen and oxygen atoms in total. The van der Waals surface area contributed by atoms with Crippen LogP contribution in [0.4, 0.5) is 4.79 Å². The Morgan fingerprint density at radius 1 is 1.41 bits per heavy atom. The number of rotatable bonds is 1. The number of nitrogens with zero attached hydrogens (tertiary/aromatic N) is 1. The van der Waals surface area contributed by atoms with E-state index in [0.717, 1.165) is 4.31 Å². The molecule has 1 heterocycles. The van der Waals surface area contributed by atoms with E-state index >= 15 is 0 Å². The second kappa shape index (κ2) is 5.01. The minimum atomic E-state index is -2.02. The molecule has 0 aromatic heterocycles. The molecule has 98 valence electrons. The van der Waals surface area contributed by atoms with E-state index in [0.29, 0.717) is 0 Å². The van der Waals surface area contributed by atoms with E-state index < -0.39 is 35.0 Å². The fourth-order valence-corrected chi connectivity index (χ4v) is 2.02. The Bertz CT molecular complexity index is 350. The molecule has 1 aliphatic heterocycles. The number of amides is 1. The van der Waals surface area contributed by atoms with Crippen LogP contribution >= 0.6 is 0 Å². The van der Waals surface area contributed by atoms with Gasteiger partial charge in [0.2, 0.25) is 0 Å². The zero-order valence-electron chi connectivity index (χ0n) is 10.1. The zero-order chi connectivity index (χ0) is 13.2. The monoisotopic (exact) mass is 265 g/mol. The van der Waals surface area contributed by atoms with Gasteiger partial charge in [-0.3, -0.25) is 4.18 Å². The van der Waals surface area contributed by atoms with Gasteiger partial charge in [0.1, 0.15) is 5.60 Å². The van der Waals surface area contributed by atoms with Gasteiger partial charge in [-0.25, -0.2) is 13.8 Å². The maximum absolute atomic E-state index is 11.7. The molecular formula is C9H15NO6S. The third-order valence-electron chi connectivity index (χ3n) is 1.82. The fraction of sp³-hybridized carbons (Fsp3) is 0.778. The molecule has 1 aliphatic rings. The lowest BCUT2D eigenvalue weighted by Crippen LogP contribution is -2.45. The Labute approximate surface area is 102 Å². The summed E-state index contributed by atoms with van der Waals surface area (Å²) in [5.74, 6) is -0.693. The molecule has 0 radical (unpaired) electrons. The molecule has 0 aromatic carbocycles. The highest BCUT2D eigenvalue weighted by Gasteiger charge is 2.44.